The van der Waals surface area contributed by atoms with Crippen molar-refractivity contribution in [2.75, 3.05) is 13.7 Å². The molecule has 106 valence electrons. The smallest absolute Gasteiger partial charge is 0.0781 e. The van der Waals surface area contributed by atoms with E-state index in [0.717, 1.165) is 13.0 Å². The zero-order valence-electron chi connectivity index (χ0n) is 12.6. The van der Waals surface area contributed by atoms with Crippen molar-refractivity contribution in [2.24, 2.45) is 0 Å². The van der Waals surface area contributed by atoms with Gasteiger partial charge in [0, 0.05) is 31.0 Å². The molecule has 0 saturated carbocycles. The second kappa shape index (κ2) is 6.02. The third-order valence-corrected chi connectivity index (χ3v) is 4.34. The number of fused-ring (bicyclic) bond motifs is 1. The van der Waals surface area contributed by atoms with Crippen LogP contribution in [0.25, 0.3) is 0 Å². The minimum absolute atomic E-state index is 0.188. The van der Waals surface area contributed by atoms with Gasteiger partial charge in [0.2, 0.25) is 0 Å². The lowest BCUT2D eigenvalue weighted by molar-refractivity contribution is -0.0197. The lowest BCUT2D eigenvalue weighted by atomic mass is 9.76. The van der Waals surface area contributed by atoms with Crippen LogP contribution < -0.4 is 5.32 Å². The molecule has 0 saturated heterocycles. The molecule has 1 aromatic heterocycles. The van der Waals surface area contributed by atoms with E-state index in [2.05, 4.69) is 37.1 Å². The van der Waals surface area contributed by atoms with Gasteiger partial charge in [0.1, 0.15) is 0 Å². The summed E-state index contributed by atoms with van der Waals surface area (Å²) < 4.78 is 5.73. The molecule has 1 heterocycles. The first-order valence-corrected chi connectivity index (χ1v) is 7.32. The Morgan fingerprint density at radius 3 is 3.00 bits per heavy atom. The van der Waals surface area contributed by atoms with E-state index >= 15 is 0 Å². The molecular formula is C16H26N2O. The van der Waals surface area contributed by atoms with Crippen LogP contribution in [0.1, 0.15) is 50.8 Å². The van der Waals surface area contributed by atoms with Gasteiger partial charge in [0.05, 0.1) is 5.60 Å². The van der Waals surface area contributed by atoms with Crippen molar-refractivity contribution in [3.63, 3.8) is 0 Å². The van der Waals surface area contributed by atoms with Gasteiger partial charge in [0.25, 0.3) is 0 Å². The predicted octanol–water partition coefficient (Wildman–Crippen LogP) is 2.90. The largest absolute Gasteiger partial charge is 0.377 e. The average Bonchev–Trinajstić information content (AvgIpc) is 2.44. The summed E-state index contributed by atoms with van der Waals surface area (Å²) in [6.07, 6.45) is 5.51. The quantitative estimate of drug-likeness (QED) is 0.886. The van der Waals surface area contributed by atoms with Crippen molar-refractivity contribution in [3.05, 3.63) is 29.6 Å². The highest BCUT2D eigenvalue weighted by atomic mass is 16.5. The molecule has 2 unspecified atom stereocenters. The molecule has 2 rings (SSSR count). The molecule has 1 aromatic rings. The molecule has 0 aromatic carbocycles. The molecule has 3 heteroatoms. The first-order chi connectivity index (χ1) is 9.10. The minimum Gasteiger partial charge on any atom is -0.377 e. The molecule has 0 spiro atoms. The Hall–Kier alpha value is -0.930. The van der Waals surface area contributed by atoms with Gasteiger partial charge in [-0.3, -0.25) is 4.98 Å². The van der Waals surface area contributed by atoms with E-state index in [1.807, 2.05) is 12.3 Å². The molecule has 0 bridgehead atoms. The summed E-state index contributed by atoms with van der Waals surface area (Å²) in [5, 5.41) is 3.62. The van der Waals surface area contributed by atoms with E-state index in [1.165, 1.54) is 24.1 Å². The number of nitrogens with one attached hydrogen (secondary N) is 1. The van der Waals surface area contributed by atoms with Gasteiger partial charge < -0.3 is 10.1 Å². The number of likely N-dealkylation sites (N-methyl/N-ethyl adjacent to an activating group) is 1. The van der Waals surface area contributed by atoms with E-state index < -0.39 is 0 Å². The van der Waals surface area contributed by atoms with Crippen LogP contribution in [0.5, 0.6) is 0 Å². The van der Waals surface area contributed by atoms with Crippen LogP contribution >= 0.6 is 0 Å². The SMILES string of the molecule is CCNC(C1CCCc2cccnc21)C(C)(C)OC. The van der Waals surface area contributed by atoms with Crippen molar-refractivity contribution < 1.29 is 4.74 Å². The molecule has 0 radical (unpaired) electrons. The standard InChI is InChI=1S/C16H26N2O/c1-5-17-15(16(2,3)19-4)13-10-6-8-12-9-7-11-18-14(12)13/h7,9,11,13,15,17H,5-6,8,10H2,1-4H3. The normalized spacial score (nSPS) is 20.9. The molecule has 3 nitrogen and oxygen atoms in total. The summed E-state index contributed by atoms with van der Waals surface area (Å²) in [5.41, 5.74) is 2.49. The molecule has 0 fully saturated rings. The van der Waals surface area contributed by atoms with Crippen LogP contribution in [0.3, 0.4) is 0 Å². The van der Waals surface area contributed by atoms with Gasteiger partial charge in [-0.2, -0.15) is 0 Å². The van der Waals surface area contributed by atoms with Gasteiger partial charge >= 0.3 is 0 Å². The number of methoxy groups -OCH3 is 1. The summed E-state index contributed by atoms with van der Waals surface area (Å²) in [4.78, 5) is 4.66. The third kappa shape index (κ3) is 2.98. The summed E-state index contributed by atoms with van der Waals surface area (Å²) in [5.74, 6) is 0.444. The van der Waals surface area contributed by atoms with Crippen LogP contribution in [-0.4, -0.2) is 30.3 Å². The van der Waals surface area contributed by atoms with Crippen LogP contribution in [0.15, 0.2) is 18.3 Å². The number of hydrogen-bond acceptors (Lipinski definition) is 3. The monoisotopic (exact) mass is 262 g/mol. The fraction of sp³-hybridized carbons (Fsp3) is 0.688. The predicted molar refractivity (Wildman–Crippen MR) is 78.5 cm³/mol. The fourth-order valence-corrected chi connectivity index (χ4v) is 3.19. The van der Waals surface area contributed by atoms with Crippen molar-refractivity contribution in [2.45, 2.75) is 57.6 Å². The maximum Gasteiger partial charge on any atom is 0.0781 e. The second-order valence-electron chi connectivity index (χ2n) is 5.89. The van der Waals surface area contributed by atoms with Crippen molar-refractivity contribution in [1.82, 2.24) is 10.3 Å². The van der Waals surface area contributed by atoms with Crippen LogP contribution in [-0.2, 0) is 11.2 Å². The van der Waals surface area contributed by atoms with Gasteiger partial charge in [-0.15, -0.1) is 0 Å². The van der Waals surface area contributed by atoms with E-state index in [0.29, 0.717) is 12.0 Å². The van der Waals surface area contributed by atoms with Crippen molar-refractivity contribution in [3.8, 4) is 0 Å². The number of aryl methyl sites for hydroxylation is 1. The number of nitrogens with zero attached hydrogens (tertiary/aromatic N) is 1. The molecule has 1 aliphatic rings. The lowest BCUT2D eigenvalue weighted by Crippen LogP contribution is -2.52. The Kier molecular flexibility index (Phi) is 4.58. The zero-order valence-corrected chi connectivity index (χ0v) is 12.6. The maximum absolute atomic E-state index is 5.73. The third-order valence-electron chi connectivity index (χ3n) is 4.34. The molecule has 0 aliphatic heterocycles. The lowest BCUT2D eigenvalue weighted by Gasteiger charge is -2.41. The number of ether oxygens (including phenoxy) is 1. The zero-order chi connectivity index (χ0) is 13.9. The Morgan fingerprint density at radius 1 is 1.53 bits per heavy atom. The van der Waals surface area contributed by atoms with E-state index in [4.69, 9.17) is 4.74 Å². The second-order valence-corrected chi connectivity index (χ2v) is 5.89. The molecular weight excluding hydrogens is 236 g/mol. The van der Waals surface area contributed by atoms with Gasteiger partial charge in [-0.25, -0.2) is 0 Å². The summed E-state index contributed by atoms with van der Waals surface area (Å²) in [7, 11) is 1.80. The van der Waals surface area contributed by atoms with Crippen LogP contribution in [0.4, 0.5) is 0 Å². The van der Waals surface area contributed by atoms with E-state index in [-0.39, 0.29) is 5.60 Å². The molecule has 0 amide bonds. The number of rotatable bonds is 5. The molecule has 2 atom stereocenters. The number of aromatic nitrogens is 1. The fourth-order valence-electron chi connectivity index (χ4n) is 3.19. The van der Waals surface area contributed by atoms with Crippen LogP contribution in [0, 0.1) is 0 Å². The molecule has 1 N–H and O–H groups in total. The van der Waals surface area contributed by atoms with Gasteiger partial charge in [-0.1, -0.05) is 13.0 Å². The Bertz CT molecular complexity index is 417. The van der Waals surface area contributed by atoms with Gasteiger partial charge in [-0.05, 0) is 51.3 Å². The van der Waals surface area contributed by atoms with Crippen molar-refractivity contribution in [1.29, 1.82) is 0 Å². The Morgan fingerprint density at radius 2 is 2.32 bits per heavy atom. The Labute approximate surface area is 116 Å². The van der Waals surface area contributed by atoms with E-state index in [1.54, 1.807) is 7.11 Å². The average molecular weight is 262 g/mol. The summed E-state index contributed by atoms with van der Waals surface area (Å²) in [6.45, 7) is 7.44. The minimum atomic E-state index is -0.188. The highest BCUT2D eigenvalue weighted by Gasteiger charge is 2.38. The van der Waals surface area contributed by atoms with E-state index in [9.17, 15) is 0 Å². The van der Waals surface area contributed by atoms with Gasteiger partial charge in [0.15, 0.2) is 0 Å². The highest BCUT2D eigenvalue weighted by Crippen LogP contribution is 2.36. The molecule has 19 heavy (non-hydrogen) atoms. The van der Waals surface area contributed by atoms with Crippen molar-refractivity contribution >= 4 is 0 Å². The maximum atomic E-state index is 5.73. The highest BCUT2D eigenvalue weighted by molar-refractivity contribution is 5.28. The molecule has 1 aliphatic carbocycles. The number of pyridine rings is 1. The first-order valence-electron chi connectivity index (χ1n) is 7.32. The summed E-state index contributed by atoms with van der Waals surface area (Å²) in [6, 6.07) is 4.57. The first kappa shape index (κ1) is 14.5. The van der Waals surface area contributed by atoms with Crippen LogP contribution in [0.2, 0.25) is 0 Å². The topological polar surface area (TPSA) is 34.2 Å². The Balaban J connectivity index is 2.33. The summed E-state index contributed by atoms with van der Waals surface area (Å²) >= 11 is 0. The number of hydrogen-bond donors (Lipinski definition) is 1.